The second kappa shape index (κ2) is 6.57. The second-order valence-electron chi connectivity index (χ2n) is 5.47. The van der Waals surface area contributed by atoms with Crippen LogP contribution in [-0.2, 0) is 4.79 Å². The molecule has 4 nitrogen and oxygen atoms in total. The van der Waals surface area contributed by atoms with Crippen molar-refractivity contribution in [3.63, 3.8) is 0 Å². The summed E-state index contributed by atoms with van der Waals surface area (Å²) in [6.45, 7) is 6.93. The van der Waals surface area contributed by atoms with Crippen molar-refractivity contribution in [1.82, 2.24) is 4.90 Å². The van der Waals surface area contributed by atoms with E-state index in [-0.39, 0.29) is 5.91 Å². The molecular weight excluding hydrogens is 250 g/mol. The monoisotopic (exact) mass is 273 g/mol. The van der Waals surface area contributed by atoms with Crippen molar-refractivity contribution in [1.29, 1.82) is 0 Å². The van der Waals surface area contributed by atoms with Crippen LogP contribution < -0.4 is 11.1 Å². The third-order valence-corrected chi connectivity index (χ3v) is 3.71. The van der Waals surface area contributed by atoms with Crippen molar-refractivity contribution in [3.8, 4) is 0 Å². The Balaban J connectivity index is 1.82. The molecule has 0 bridgehead atoms. The molecule has 3 N–H and O–H groups in total. The summed E-state index contributed by atoms with van der Waals surface area (Å²) in [6, 6.07) is 5.57. The summed E-state index contributed by atoms with van der Waals surface area (Å²) in [7, 11) is 0. The second-order valence-corrected chi connectivity index (χ2v) is 5.47. The van der Waals surface area contributed by atoms with Gasteiger partial charge in [-0.3, -0.25) is 9.69 Å². The van der Waals surface area contributed by atoms with Gasteiger partial charge in [-0.05, 0) is 38.0 Å². The van der Waals surface area contributed by atoms with Crippen LogP contribution in [0.5, 0.6) is 0 Å². The van der Waals surface area contributed by atoms with Gasteiger partial charge in [0.25, 0.3) is 0 Å². The number of carbonyl (C=O) groups is 1. The first-order valence-corrected chi connectivity index (χ1v) is 7.08. The molecule has 1 aliphatic rings. The van der Waals surface area contributed by atoms with E-state index in [1.807, 2.05) is 19.1 Å². The number of amides is 1. The SMILES string of the molecule is CC1=CCN(CCC(=O)Nc2cc(N)ccc2C)CC1. The Labute approximate surface area is 120 Å². The van der Waals surface area contributed by atoms with Gasteiger partial charge in [0.05, 0.1) is 0 Å². The van der Waals surface area contributed by atoms with Crippen molar-refractivity contribution in [3.05, 3.63) is 35.4 Å². The molecule has 2 rings (SSSR count). The predicted octanol–water partition coefficient (Wildman–Crippen LogP) is 2.56. The van der Waals surface area contributed by atoms with Crippen LogP contribution in [0, 0.1) is 6.92 Å². The van der Waals surface area contributed by atoms with E-state index in [1.165, 1.54) is 5.57 Å². The average molecular weight is 273 g/mol. The van der Waals surface area contributed by atoms with E-state index in [0.29, 0.717) is 12.1 Å². The molecule has 0 atom stereocenters. The zero-order chi connectivity index (χ0) is 14.5. The van der Waals surface area contributed by atoms with Crippen LogP contribution in [0.2, 0.25) is 0 Å². The summed E-state index contributed by atoms with van der Waals surface area (Å²) in [4.78, 5) is 14.3. The Morgan fingerprint density at radius 3 is 2.90 bits per heavy atom. The summed E-state index contributed by atoms with van der Waals surface area (Å²) in [5, 5.41) is 2.94. The molecule has 0 fully saturated rings. The van der Waals surface area contributed by atoms with Crippen LogP contribution in [0.1, 0.15) is 25.3 Å². The minimum atomic E-state index is 0.0463. The van der Waals surface area contributed by atoms with Gasteiger partial charge in [-0.2, -0.15) is 0 Å². The van der Waals surface area contributed by atoms with Gasteiger partial charge in [0, 0.05) is 37.4 Å². The standard InChI is InChI=1S/C16H23N3O/c1-12-5-8-19(9-6-12)10-7-16(20)18-15-11-14(17)4-3-13(15)2/h3-5,11H,6-10,17H2,1-2H3,(H,18,20). The maximum atomic E-state index is 12.0. The number of nitrogens with one attached hydrogen (secondary N) is 1. The predicted molar refractivity (Wildman–Crippen MR) is 83.7 cm³/mol. The van der Waals surface area contributed by atoms with Gasteiger partial charge in [-0.15, -0.1) is 0 Å². The van der Waals surface area contributed by atoms with Crippen molar-refractivity contribution < 1.29 is 4.79 Å². The van der Waals surface area contributed by atoms with Crippen LogP contribution in [0.3, 0.4) is 0 Å². The summed E-state index contributed by atoms with van der Waals surface area (Å²) < 4.78 is 0. The number of hydrogen-bond acceptors (Lipinski definition) is 3. The minimum Gasteiger partial charge on any atom is -0.399 e. The first kappa shape index (κ1) is 14.6. The zero-order valence-electron chi connectivity index (χ0n) is 12.3. The van der Waals surface area contributed by atoms with Gasteiger partial charge >= 0.3 is 0 Å². The third-order valence-electron chi connectivity index (χ3n) is 3.71. The van der Waals surface area contributed by atoms with E-state index >= 15 is 0 Å². The lowest BCUT2D eigenvalue weighted by molar-refractivity contribution is -0.116. The van der Waals surface area contributed by atoms with Crippen molar-refractivity contribution in [2.45, 2.75) is 26.7 Å². The van der Waals surface area contributed by atoms with E-state index in [2.05, 4.69) is 23.2 Å². The van der Waals surface area contributed by atoms with Crippen LogP contribution in [0.4, 0.5) is 11.4 Å². The molecule has 4 heteroatoms. The number of nitrogens with zero attached hydrogens (tertiary/aromatic N) is 1. The molecule has 20 heavy (non-hydrogen) atoms. The summed E-state index contributed by atoms with van der Waals surface area (Å²) >= 11 is 0. The normalized spacial score (nSPS) is 15.8. The van der Waals surface area contributed by atoms with Crippen molar-refractivity contribution in [2.24, 2.45) is 0 Å². The fourth-order valence-corrected chi connectivity index (χ4v) is 2.26. The highest BCUT2D eigenvalue weighted by Gasteiger charge is 2.11. The third kappa shape index (κ3) is 4.10. The van der Waals surface area contributed by atoms with Crippen LogP contribution in [0.15, 0.2) is 29.8 Å². The number of benzene rings is 1. The molecule has 0 spiro atoms. The number of rotatable bonds is 4. The molecule has 1 aromatic rings. The van der Waals surface area contributed by atoms with Gasteiger partial charge in [0.1, 0.15) is 0 Å². The molecule has 108 valence electrons. The molecule has 1 aromatic carbocycles. The Bertz CT molecular complexity index is 522. The molecule has 0 aromatic heterocycles. The van der Waals surface area contributed by atoms with Crippen molar-refractivity contribution >= 4 is 17.3 Å². The first-order valence-electron chi connectivity index (χ1n) is 7.08. The Hall–Kier alpha value is -1.81. The zero-order valence-corrected chi connectivity index (χ0v) is 12.3. The molecule has 1 amide bonds. The summed E-state index contributed by atoms with van der Waals surface area (Å²) in [5.74, 6) is 0.0463. The van der Waals surface area contributed by atoms with E-state index in [0.717, 1.165) is 37.3 Å². The molecule has 0 radical (unpaired) electrons. The fraction of sp³-hybridized carbons (Fsp3) is 0.438. The van der Waals surface area contributed by atoms with Crippen LogP contribution in [0.25, 0.3) is 0 Å². The number of nitrogens with two attached hydrogens (primary N) is 1. The average Bonchev–Trinajstić information content (AvgIpc) is 2.42. The number of carbonyl (C=O) groups excluding carboxylic acids is 1. The maximum absolute atomic E-state index is 12.0. The molecule has 0 saturated carbocycles. The van der Waals surface area contributed by atoms with Gasteiger partial charge in [0.15, 0.2) is 0 Å². The smallest absolute Gasteiger partial charge is 0.225 e. The van der Waals surface area contributed by atoms with E-state index in [1.54, 1.807) is 6.07 Å². The lowest BCUT2D eigenvalue weighted by Gasteiger charge is -2.24. The molecule has 1 aliphatic heterocycles. The Morgan fingerprint density at radius 2 is 2.20 bits per heavy atom. The highest BCUT2D eigenvalue weighted by atomic mass is 16.1. The number of hydrogen-bond donors (Lipinski definition) is 2. The summed E-state index contributed by atoms with van der Waals surface area (Å²) in [5.41, 5.74) is 9.70. The largest absolute Gasteiger partial charge is 0.399 e. The minimum absolute atomic E-state index is 0.0463. The number of anilines is 2. The highest BCUT2D eigenvalue weighted by molar-refractivity contribution is 5.92. The molecule has 0 aliphatic carbocycles. The topological polar surface area (TPSA) is 58.4 Å². The van der Waals surface area contributed by atoms with Gasteiger partial charge in [-0.1, -0.05) is 17.7 Å². The van der Waals surface area contributed by atoms with Crippen LogP contribution in [-0.4, -0.2) is 30.4 Å². The number of nitrogen functional groups attached to an aromatic ring is 1. The molecule has 1 heterocycles. The quantitative estimate of drug-likeness (QED) is 0.655. The molecule has 0 saturated heterocycles. The van der Waals surface area contributed by atoms with Crippen LogP contribution >= 0.6 is 0 Å². The van der Waals surface area contributed by atoms with Gasteiger partial charge in [-0.25, -0.2) is 0 Å². The van der Waals surface area contributed by atoms with Gasteiger partial charge in [0.2, 0.25) is 5.91 Å². The maximum Gasteiger partial charge on any atom is 0.225 e. The number of aryl methyl sites for hydroxylation is 1. The Morgan fingerprint density at radius 1 is 1.40 bits per heavy atom. The van der Waals surface area contributed by atoms with Crippen molar-refractivity contribution in [2.75, 3.05) is 30.7 Å². The molecule has 0 unspecified atom stereocenters. The van der Waals surface area contributed by atoms with E-state index in [4.69, 9.17) is 5.73 Å². The lowest BCUT2D eigenvalue weighted by atomic mass is 10.1. The lowest BCUT2D eigenvalue weighted by Crippen LogP contribution is -2.31. The summed E-state index contributed by atoms with van der Waals surface area (Å²) in [6.07, 6.45) is 3.86. The van der Waals surface area contributed by atoms with Gasteiger partial charge < -0.3 is 11.1 Å². The van der Waals surface area contributed by atoms with E-state index < -0.39 is 0 Å². The first-order chi connectivity index (χ1) is 9.54. The highest BCUT2D eigenvalue weighted by Crippen LogP contribution is 2.18. The Kier molecular flexibility index (Phi) is 4.79. The fourth-order valence-electron chi connectivity index (χ4n) is 2.26. The molecular formula is C16H23N3O. The van der Waals surface area contributed by atoms with E-state index in [9.17, 15) is 4.79 Å².